The maximum Gasteiger partial charge on any atom is 0.338 e. The maximum absolute atomic E-state index is 13.2. The van der Waals surface area contributed by atoms with E-state index >= 15 is 0 Å². The summed E-state index contributed by atoms with van der Waals surface area (Å²) in [7, 11) is -3.39. The number of nitrogens with zero attached hydrogens (tertiary/aromatic N) is 1. The predicted octanol–water partition coefficient (Wildman–Crippen LogP) is 2.72. The summed E-state index contributed by atoms with van der Waals surface area (Å²) in [5, 5.41) is 0. The zero-order valence-electron chi connectivity index (χ0n) is 14.9. The van der Waals surface area contributed by atoms with Gasteiger partial charge in [0.1, 0.15) is 11.6 Å². The highest BCUT2D eigenvalue weighted by molar-refractivity contribution is 7.92. The van der Waals surface area contributed by atoms with Gasteiger partial charge in [0.25, 0.3) is 0 Å². The summed E-state index contributed by atoms with van der Waals surface area (Å²) in [5.41, 5.74) is 1.17. The smallest absolute Gasteiger partial charge is 0.338 e. The lowest BCUT2D eigenvalue weighted by Crippen LogP contribution is -2.30. The Morgan fingerprint density at radius 3 is 2.39 bits per heavy atom. The van der Waals surface area contributed by atoms with Crippen molar-refractivity contribution in [3.05, 3.63) is 64.7 Å². The van der Waals surface area contributed by atoms with Crippen LogP contribution in [0.4, 0.5) is 14.5 Å². The van der Waals surface area contributed by atoms with E-state index in [4.69, 9.17) is 4.74 Å². The first-order chi connectivity index (χ1) is 13.2. The van der Waals surface area contributed by atoms with Crippen LogP contribution in [0.5, 0.6) is 0 Å². The monoisotopic (exact) mass is 409 g/mol. The molecule has 0 atom stereocenters. The molecule has 0 saturated heterocycles. The van der Waals surface area contributed by atoms with E-state index in [0.717, 1.165) is 12.1 Å². The number of halogens is 2. The molecule has 28 heavy (non-hydrogen) atoms. The van der Waals surface area contributed by atoms with Crippen molar-refractivity contribution < 1.29 is 31.5 Å². The lowest BCUT2D eigenvalue weighted by Gasteiger charge is -2.18. The van der Waals surface area contributed by atoms with Gasteiger partial charge in [-0.1, -0.05) is 0 Å². The summed E-state index contributed by atoms with van der Waals surface area (Å²) in [4.78, 5) is 24.2. The second-order valence-corrected chi connectivity index (χ2v) is 8.41. The fourth-order valence-electron chi connectivity index (χ4n) is 2.96. The van der Waals surface area contributed by atoms with Crippen LogP contribution in [-0.4, -0.2) is 39.1 Å². The standard InChI is InChI=1S/C19H17F2NO5S/c1-2-28(25,26)22-6-5-12-7-13(3-4-17(12)22)18(23)11-27-19(24)14-8-15(20)10-16(21)9-14/h3-4,7-10H,2,5-6,11H2,1H3. The molecule has 1 aliphatic heterocycles. The van der Waals surface area contributed by atoms with Gasteiger partial charge in [0.05, 0.1) is 17.0 Å². The van der Waals surface area contributed by atoms with Gasteiger partial charge >= 0.3 is 5.97 Å². The third kappa shape index (κ3) is 4.04. The van der Waals surface area contributed by atoms with Gasteiger partial charge in [0.15, 0.2) is 12.4 Å². The van der Waals surface area contributed by atoms with Gasteiger partial charge in [-0.2, -0.15) is 0 Å². The number of Topliss-reactive ketones (excluding diaryl/α,β-unsaturated/α-hetero) is 1. The molecule has 1 heterocycles. The molecule has 9 heteroatoms. The molecule has 0 saturated carbocycles. The Labute approximate surface area is 160 Å². The fourth-order valence-corrected chi connectivity index (χ4v) is 4.12. The molecular formula is C19H17F2NO5S. The molecule has 1 aliphatic rings. The average molecular weight is 409 g/mol. The molecule has 0 amide bonds. The Balaban J connectivity index is 1.70. The third-order valence-electron chi connectivity index (χ3n) is 4.39. The largest absolute Gasteiger partial charge is 0.454 e. The molecule has 0 aliphatic carbocycles. The van der Waals surface area contributed by atoms with Gasteiger partial charge in [-0.25, -0.2) is 22.0 Å². The zero-order valence-corrected chi connectivity index (χ0v) is 15.8. The van der Waals surface area contributed by atoms with E-state index in [9.17, 15) is 26.8 Å². The second-order valence-electron chi connectivity index (χ2n) is 6.22. The molecule has 0 unspecified atom stereocenters. The number of sulfonamides is 1. The van der Waals surface area contributed by atoms with Crippen LogP contribution in [0.25, 0.3) is 0 Å². The minimum Gasteiger partial charge on any atom is -0.454 e. The van der Waals surface area contributed by atoms with E-state index in [0.29, 0.717) is 30.3 Å². The number of rotatable bonds is 6. The van der Waals surface area contributed by atoms with Gasteiger partial charge in [0.2, 0.25) is 10.0 Å². The molecule has 0 bridgehead atoms. The lowest BCUT2D eigenvalue weighted by atomic mass is 10.1. The van der Waals surface area contributed by atoms with Crippen molar-refractivity contribution in [2.45, 2.75) is 13.3 Å². The molecular weight excluding hydrogens is 392 g/mol. The van der Waals surface area contributed by atoms with Crippen molar-refractivity contribution in [3.8, 4) is 0 Å². The van der Waals surface area contributed by atoms with Crippen LogP contribution in [0.15, 0.2) is 36.4 Å². The predicted molar refractivity (Wildman–Crippen MR) is 97.9 cm³/mol. The Bertz CT molecular complexity index is 1030. The van der Waals surface area contributed by atoms with Crippen LogP contribution in [0, 0.1) is 11.6 Å². The molecule has 2 aromatic rings. The van der Waals surface area contributed by atoms with Gasteiger partial charge in [-0.15, -0.1) is 0 Å². The van der Waals surface area contributed by atoms with Gasteiger partial charge in [-0.3, -0.25) is 9.10 Å². The Hall–Kier alpha value is -2.81. The molecule has 0 fully saturated rings. The molecule has 0 aromatic heterocycles. The van der Waals surface area contributed by atoms with Crippen molar-refractivity contribution in [1.29, 1.82) is 0 Å². The number of esters is 1. The molecule has 0 radical (unpaired) electrons. The summed E-state index contributed by atoms with van der Waals surface area (Å²) in [6.07, 6.45) is 0.470. The Kier molecular flexibility index (Phi) is 5.46. The van der Waals surface area contributed by atoms with E-state index in [1.807, 2.05) is 0 Å². The summed E-state index contributed by atoms with van der Waals surface area (Å²) >= 11 is 0. The number of hydrogen-bond acceptors (Lipinski definition) is 5. The van der Waals surface area contributed by atoms with Crippen LogP contribution >= 0.6 is 0 Å². The molecule has 0 N–H and O–H groups in total. The first-order valence-corrected chi connectivity index (χ1v) is 10.1. The number of hydrogen-bond donors (Lipinski definition) is 0. The lowest BCUT2D eigenvalue weighted by molar-refractivity contribution is 0.0474. The maximum atomic E-state index is 13.2. The van der Waals surface area contributed by atoms with E-state index in [1.165, 1.54) is 10.4 Å². The van der Waals surface area contributed by atoms with Crippen LogP contribution < -0.4 is 4.31 Å². The van der Waals surface area contributed by atoms with E-state index in [1.54, 1.807) is 19.1 Å². The first kappa shape index (κ1) is 19.9. The van der Waals surface area contributed by atoms with Crippen molar-refractivity contribution in [1.82, 2.24) is 0 Å². The summed E-state index contributed by atoms with van der Waals surface area (Å²) in [6, 6.07) is 6.82. The van der Waals surface area contributed by atoms with Gasteiger partial charge in [-0.05, 0) is 49.2 Å². The minimum absolute atomic E-state index is 0.0241. The van der Waals surface area contributed by atoms with Crippen molar-refractivity contribution in [2.24, 2.45) is 0 Å². The topological polar surface area (TPSA) is 80.8 Å². The number of benzene rings is 2. The zero-order chi connectivity index (χ0) is 20.5. The number of carbonyl (C=O) groups is 2. The van der Waals surface area contributed by atoms with Crippen molar-refractivity contribution >= 4 is 27.5 Å². The number of ether oxygens (including phenoxy) is 1. The number of ketones is 1. The highest BCUT2D eigenvalue weighted by atomic mass is 32.2. The van der Waals surface area contributed by atoms with Gasteiger partial charge in [0, 0.05) is 18.2 Å². The first-order valence-electron chi connectivity index (χ1n) is 8.51. The Morgan fingerprint density at radius 2 is 1.75 bits per heavy atom. The highest BCUT2D eigenvalue weighted by Crippen LogP contribution is 2.31. The third-order valence-corrected chi connectivity index (χ3v) is 6.17. The summed E-state index contributed by atoms with van der Waals surface area (Å²) < 4.78 is 56.7. The SMILES string of the molecule is CCS(=O)(=O)N1CCc2cc(C(=O)COC(=O)c3cc(F)cc(F)c3)ccc21. The molecule has 148 valence electrons. The van der Waals surface area contributed by atoms with Gasteiger partial charge < -0.3 is 4.74 Å². The molecule has 3 rings (SSSR count). The normalized spacial score (nSPS) is 13.3. The number of fused-ring (bicyclic) bond motifs is 1. The number of anilines is 1. The molecule has 0 spiro atoms. The van der Waals surface area contributed by atoms with Crippen molar-refractivity contribution in [3.63, 3.8) is 0 Å². The van der Waals surface area contributed by atoms with Crippen LogP contribution in [-0.2, 0) is 21.2 Å². The minimum atomic E-state index is -3.39. The van der Waals surface area contributed by atoms with E-state index in [-0.39, 0.29) is 16.9 Å². The quantitative estimate of drug-likeness (QED) is 0.541. The number of carbonyl (C=O) groups excluding carboxylic acids is 2. The van der Waals surface area contributed by atoms with Crippen LogP contribution in [0.2, 0.25) is 0 Å². The van der Waals surface area contributed by atoms with E-state index in [2.05, 4.69) is 0 Å². The van der Waals surface area contributed by atoms with Crippen molar-refractivity contribution in [2.75, 3.05) is 23.2 Å². The average Bonchev–Trinajstić information content (AvgIpc) is 3.09. The summed E-state index contributed by atoms with van der Waals surface area (Å²) in [5.74, 6) is -3.41. The fraction of sp³-hybridized carbons (Fsp3) is 0.263. The van der Waals surface area contributed by atoms with Crippen LogP contribution in [0.1, 0.15) is 33.2 Å². The summed E-state index contributed by atoms with van der Waals surface area (Å²) in [6.45, 7) is 1.26. The second kappa shape index (κ2) is 7.67. The molecule has 6 nitrogen and oxygen atoms in total. The highest BCUT2D eigenvalue weighted by Gasteiger charge is 2.28. The Morgan fingerprint density at radius 1 is 1.07 bits per heavy atom. The molecule has 2 aromatic carbocycles. The van der Waals surface area contributed by atoms with E-state index < -0.39 is 40.0 Å². The van der Waals surface area contributed by atoms with Crippen LogP contribution in [0.3, 0.4) is 0 Å².